The second-order valence-corrected chi connectivity index (χ2v) is 41.7. The molecule has 0 bridgehead atoms. The summed E-state index contributed by atoms with van der Waals surface area (Å²) in [4.78, 5) is 51.1. The molecule has 12 nitrogen and oxygen atoms in total. The van der Waals surface area contributed by atoms with E-state index in [0.717, 1.165) is 249 Å². The molecule has 8 aliphatic carbocycles. The van der Waals surface area contributed by atoms with Gasteiger partial charge >= 0.3 is 23.9 Å². The van der Waals surface area contributed by atoms with Gasteiger partial charge in [-0.25, -0.2) is 19.2 Å². The van der Waals surface area contributed by atoms with Gasteiger partial charge in [0.05, 0.1) is 37.6 Å². The topological polar surface area (TPSA) is 142 Å². The number of hydrogen-bond donors (Lipinski definition) is 0. The third kappa shape index (κ3) is 33.5. The molecule has 0 radical (unpaired) electrons. The Morgan fingerprint density at radius 3 is 0.773 bits per heavy atom. The van der Waals surface area contributed by atoms with Crippen LogP contribution in [0.2, 0.25) is 0 Å². The van der Waals surface area contributed by atoms with Gasteiger partial charge in [-0.2, -0.15) is 0 Å². The van der Waals surface area contributed by atoms with Crippen molar-refractivity contribution in [2.24, 2.45) is 71.0 Å². The first-order valence-electron chi connectivity index (χ1n) is 53.7. The molecule has 12 rings (SSSR count). The molecule has 0 spiro atoms. The minimum absolute atomic E-state index is 0.345. The monoisotopic (exact) mass is 1800 g/mol. The van der Waals surface area contributed by atoms with Gasteiger partial charge in [-0.15, -0.1) is 0 Å². The quantitative estimate of drug-likeness (QED) is 0.0137. The Kier molecular flexibility index (Phi) is 43.1. The fourth-order valence-corrected chi connectivity index (χ4v) is 24.1. The van der Waals surface area contributed by atoms with E-state index in [-0.39, 0.29) is 23.9 Å². The average molecular weight is 1800 g/mol. The lowest BCUT2D eigenvalue weighted by Crippen LogP contribution is -2.39. The Balaban J connectivity index is 0.646. The van der Waals surface area contributed by atoms with Gasteiger partial charge in [0.1, 0.15) is 22.7 Å². The SMILES string of the molecule is C=CC(=O)OCCCCCCOc1ccc(C(=O)OC2(C#Cc3ccc(C#CC4(OCCCCCCCCOC5(C#Cc6ccc(C#CC7(OC(=O)c8ccc(OCCCCCCOC(=O)C=C)cc8)CCC(C8CCC(CCC)CC8)CC7)cc6)CCC(C6CCC(CCC)CC6)CC5)CCC(C5CCC(CCC)CC5)CC4)cc3)CCC(C3CCC(CCC)CC3)CC2)cc1. The Morgan fingerprint density at radius 1 is 0.288 bits per heavy atom. The molecule has 0 heterocycles. The number of carbonyl (C=O) groups excluding carboxylic acids is 4. The van der Waals surface area contributed by atoms with Crippen LogP contribution in [0.5, 0.6) is 11.5 Å². The van der Waals surface area contributed by atoms with Crippen molar-refractivity contribution < 1.29 is 57.1 Å². The van der Waals surface area contributed by atoms with Gasteiger partial charge in [0, 0.05) is 47.6 Å². The zero-order chi connectivity index (χ0) is 92.3. The summed E-state index contributed by atoms with van der Waals surface area (Å²) in [5.41, 5.74) is 2.05. The van der Waals surface area contributed by atoms with Crippen LogP contribution in [-0.2, 0) is 38.0 Å². The summed E-state index contributed by atoms with van der Waals surface area (Å²) in [5.74, 6) is 38.7. The average Bonchev–Trinajstić information content (AvgIpc) is 0.805. The maximum absolute atomic E-state index is 14.2. The lowest BCUT2D eigenvalue weighted by atomic mass is 9.67. The lowest BCUT2D eigenvalue weighted by molar-refractivity contribution is -0.138. The molecule has 132 heavy (non-hydrogen) atoms. The van der Waals surface area contributed by atoms with Crippen molar-refractivity contribution in [2.75, 3.05) is 39.6 Å². The summed E-state index contributed by atoms with van der Waals surface area (Å²) >= 11 is 0. The van der Waals surface area contributed by atoms with Gasteiger partial charge in [0.2, 0.25) is 0 Å². The normalized spacial score (nSPS) is 27.7. The molecule has 8 fully saturated rings. The molecular weight excluding hydrogens is 1630 g/mol. The van der Waals surface area contributed by atoms with Crippen LogP contribution in [0.1, 0.15) is 417 Å². The van der Waals surface area contributed by atoms with Gasteiger partial charge in [-0.05, 0) is 398 Å². The van der Waals surface area contributed by atoms with Gasteiger partial charge < -0.3 is 37.9 Å². The van der Waals surface area contributed by atoms with Crippen LogP contribution in [0, 0.1) is 118 Å². The molecule has 12 heteroatoms. The smallest absolute Gasteiger partial charge is 0.339 e. The van der Waals surface area contributed by atoms with Crippen molar-refractivity contribution in [3.05, 3.63) is 156 Å². The second kappa shape index (κ2) is 55.3. The van der Waals surface area contributed by atoms with Crippen molar-refractivity contribution in [1.82, 2.24) is 0 Å². The Labute approximate surface area is 798 Å². The molecule has 8 aliphatic rings. The highest BCUT2D eigenvalue weighted by molar-refractivity contribution is 5.91. The molecule has 0 amide bonds. The molecule has 4 aromatic carbocycles. The predicted molar refractivity (Wildman–Crippen MR) is 534 cm³/mol. The minimum Gasteiger partial charge on any atom is -0.494 e. The fourth-order valence-electron chi connectivity index (χ4n) is 24.1. The van der Waals surface area contributed by atoms with Gasteiger partial charge in [0.15, 0.2) is 11.2 Å². The summed E-state index contributed by atoms with van der Waals surface area (Å²) in [6.45, 7) is 19.6. The van der Waals surface area contributed by atoms with Crippen LogP contribution >= 0.6 is 0 Å². The summed E-state index contributed by atoms with van der Waals surface area (Å²) in [5, 5.41) is 0. The molecular formula is C120H166O12. The zero-order valence-electron chi connectivity index (χ0n) is 82.1. The molecule has 8 saturated carbocycles. The molecule has 0 aromatic heterocycles. The van der Waals surface area contributed by atoms with Crippen molar-refractivity contribution in [2.45, 2.75) is 397 Å². The van der Waals surface area contributed by atoms with Crippen LogP contribution in [0.3, 0.4) is 0 Å². The van der Waals surface area contributed by atoms with E-state index in [1.807, 2.05) is 48.5 Å². The highest BCUT2D eigenvalue weighted by Crippen LogP contribution is 2.50. The zero-order valence-corrected chi connectivity index (χ0v) is 82.1. The fraction of sp³-hybridized carbons (Fsp3) is 0.667. The van der Waals surface area contributed by atoms with Crippen LogP contribution < -0.4 is 9.47 Å². The van der Waals surface area contributed by atoms with E-state index < -0.39 is 22.4 Å². The van der Waals surface area contributed by atoms with Gasteiger partial charge in [-0.3, -0.25) is 0 Å². The van der Waals surface area contributed by atoms with E-state index in [1.165, 1.54) is 205 Å². The Bertz CT molecular complexity index is 4070. The van der Waals surface area contributed by atoms with E-state index in [2.05, 4.69) is 137 Å². The third-order valence-electron chi connectivity index (χ3n) is 32.4. The molecule has 718 valence electrons. The highest BCUT2D eigenvalue weighted by atomic mass is 16.6. The first-order chi connectivity index (χ1) is 64.6. The molecule has 0 N–H and O–H groups in total. The third-order valence-corrected chi connectivity index (χ3v) is 32.4. The number of hydrogen-bond acceptors (Lipinski definition) is 12. The molecule has 0 aliphatic heterocycles. The molecule has 0 unspecified atom stereocenters. The summed E-state index contributed by atoms with van der Waals surface area (Å²) < 4.78 is 49.8. The number of carbonyl (C=O) groups is 4. The summed E-state index contributed by atoms with van der Waals surface area (Å²) in [7, 11) is 0. The van der Waals surface area contributed by atoms with E-state index in [9.17, 15) is 19.2 Å². The Morgan fingerprint density at radius 2 is 0.515 bits per heavy atom. The maximum atomic E-state index is 14.2. The minimum atomic E-state index is -0.880. The number of esters is 4. The first kappa shape index (κ1) is 103. The molecule has 4 aromatic rings. The van der Waals surface area contributed by atoms with Crippen molar-refractivity contribution in [3.8, 4) is 58.9 Å². The number of rotatable bonds is 45. The molecule has 0 saturated heterocycles. The maximum Gasteiger partial charge on any atom is 0.339 e. The van der Waals surface area contributed by atoms with Gasteiger partial charge in [0.25, 0.3) is 0 Å². The van der Waals surface area contributed by atoms with E-state index in [0.29, 0.717) is 60.9 Å². The van der Waals surface area contributed by atoms with Crippen LogP contribution in [-0.4, -0.2) is 85.9 Å². The van der Waals surface area contributed by atoms with Crippen LogP contribution in [0.15, 0.2) is 122 Å². The van der Waals surface area contributed by atoms with E-state index in [4.69, 9.17) is 37.9 Å². The standard InChI is InChI=1S/C120H166O12/c1-7-27-93-39-47-101(48-40-93)105-67-79-117(80-68-105,75-63-97-31-35-99(36-32-97)65-77-119(83-71-107(72-84-119)103-51-43-95(29-9-3)44-52-103)131-115(123)109-55-59-111(60-56-109)125-87-21-17-19-23-89-127-113(121)11-5)129-91-25-15-13-14-16-26-92-130-118(81-69-106(70-82-118)102-49-41-94(28-8-2)42-50-102)76-64-98-33-37-100(38-34-98)66-78-120(85-73-108(74-86-120)104-53-45-96(30-10-4)46-54-104)132-116(124)110-57-61-112(62-58-110)126-88-22-18-20-24-90-128-114(122)12-6/h11-12,31-38,55-62,93-96,101-108H,5-10,13-30,39-54,67-74,79-92H2,1-4H3. The highest BCUT2D eigenvalue weighted by Gasteiger charge is 2.45. The lowest BCUT2D eigenvalue weighted by Gasteiger charge is -2.41. The Hall–Kier alpha value is -8.00. The summed E-state index contributed by atoms with van der Waals surface area (Å²) in [6, 6.07) is 31.5. The van der Waals surface area contributed by atoms with Crippen LogP contribution in [0.4, 0.5) is 0 Å². The van der Waals surface area contributed by atoms with E-state index in [1.54, 1.807) is 0 Å². The van der Waals surface area contributed by atoms with Crippen LogP contribution in [0.25, 0.3) is 0 Å². The van der Waals surface area contributed by atoms with Gasteiger partial charge in [-0.1, -0.05) is 205 Å². The summed E-state index contributed by atoms with van der Waals surface area (Å²) in [6.07, 6.45) is 64.2. The number of ether oxygens (including phenoxy) is 8. The number of benzene rings is 4. The second-order valence-electron chi connectivity index (χ2n) is 41.7. The largest absolute Gasteiger partial charge is 0.494 e. The predicted octanol–water partition coefficient (Wildman–Crippen LogP) is 29.4. The van der Waals surface area contributed by atoms with Crippen molar-refractivity contribution in [3.63, 3.8) is 0 Å². The first-order valence-corrected chi connectivity index (χ1v) is 53.7. The van der Waals surface area contributed by atoms with Crippen molar-refractivity contribution in [1.29, 1.82) is 0 Å². The van der Waals surface area contributed by atoms with Crippen molar-refractivity contribution >= 4 is 23.9 Å². The molecule has 0 atom stereocenters. The van der Waals surface area contributed by atoms with E-state index >= 15 is 0 Å². The number of unbranched alkanes of at least 4 members (excludes halogenated alkanes) is 11.